The number of likely N-dealkylation sites (tertiary alicyclic amines) is 1. The molecule has 0 radical (unpaired) electrons. The fraction of sp³-hybridized carbons (Fsp3) is 0.458. The Balaban J connectivity index is 1.42. The van der Waals surface area contributed by atoms with Crippen LogP contribution < -0.4 is 0 Å². The summed E-state index contributed by atoms with van der Waals surface area (Å²) in [4.78, 5) is 6.80. The van der Waals surface area contributed by atoms with Gasteiger partial charge in [-0.05, 0) is 50.2 Å². The highest BCUT2D eigenvalue weighted by Gasteiger charge is 2.33. The summed E-state index contributed by atoms with van der Waals surface area (Å²) in [5, 5.41) is 11.1. The number of aliphatic hydroxyl groups is 1. The number of benzene rings is 1. The minimum Gasteiger partial charge on any atom is -0.393 e. The average molecular weight is 378 g/mol. The van der Waals surface area contributed by atoms with E-state index in [9.17, 15) is 5.11 Å². The third kappa shape index (κ3) is 3.53. The molecule has 2 atom stereocenters. The van der Waals surface area contributed by atoms with Crippen molar-refractivity contribution in [2.45, 2.75) is 51.7 Å². The van der Waals surface area contributed by atoms with Gasteiger partial charge in [0.1, 0.15) is 0 Å². The Morgan fingerprint density at radius 2 is 2.07 bits per heavy atom. The quantitative estimate of drug-likeness (QED) is 0.736. The Morgan fingerprint density at radius 1 is 1.29 bits per heavy atom. The highest BCUT2D eigenvalue weighted by Crippen LogP contribution is 2.42. The Labute approximate surface area is 168 Å². The first-order valence-corrected chi connectivity index (χ1v) is 10.6. The number of imidazole rings is 1. The predicted molar refractivity (Wildman–Crippen MR) is 114 cm³/mol. The van der Waals surface area contributed by atoms with E-state index in [-0.39, 0.29) is 12.1 Å². The maximum atomic E-state index is 11.1. The second-order valence-electron chi connectivity index (χ2n) is 7.95. The first kappa shape index (κ1) is 19.0. The average Bonchev–Trinajstić information content (AvgIpc) is 3.31. The van der Waals surface area contributed by atoms with Crippen molar-refractivity contribution < 1.29 is 5.11 Å². The number of hydrogen-bond acceptors (Lipinski definition) is 3. The standard InChI is InChI=1S/C24H31N3O/c1-3-7-19(8-4-2)26-13-11-18(12-14-26)24(28)15-22-20-9-5-6-10-21(20)23-16-25-17-27(22)23/h3,5-10,16-18,22,24,28H,4,11-15H2,1-2H3/b7-3-,19-8+. The van der Waals surface area contributed by atoms with Crippen LogP contribution in [0.25, 0.3) is 11.3 Å². The second-order valence-corrected chi connectivity index (χ2v) is 7.95. The molecule has 1 fully saturated rings. The van der Waals surface area contributed by atoms with Gasteiger partial charge in [-0.2, -0.15) is 0 Å². The van der Waals surface area contributed by atoms with Gasteiger partial charge in [0.25, 0.3) is 0 Å². The zero-order chi connectivity index (χ0) is 19.5. The minimum atomic E-state index is -0.283. The SMILES string of the molecule is C/C=C\C(=C/CC)N1CCC(C(O)CC2c3ccccc3-c3cncn32)CC1. The van der Waals surface area contributed by atoms with E-state index < -0.39 is 0 Å². The van der Waals surface area contributed by atoms with Gasteiger partial charge in [-0.25, -0.2) is 4.98 Å². The van der Waals surface area contributed by atoms with Gasteiger partial charge >= 0.3 is 0 Å². The number of rotatable bonds is 6. The molecule has 0 saturated carbocycles. The molecule has 1 N–H and O–H groups in total. The molecule has 28 heavy (non-hydrogen) atoms. The molecular weight excluding hydrogens is 346 g/mol. The molecule has 1 saturated heterocycles. The molecule has 4 heteroatoms. The number of hydrogen-bond donors (Lipinski definition) is 1. The topological polar surface area (TPSA) is 41.3 Å². The maximum absolute atomic E-state index is 11.1. The number of aliphatic hydroxyl groups excluding tert-OH is 1. The molecule has 3 heterocycles. The highest BCUT2D eigenvalue weighted by molar-refractivity contribution is 5.68. The molecule has 0 amide bonds. The normalized spacial score (nSPS) is 21.2. The monoisotopic (exact) mass is 377 g/mol. The molecule has 2 unspecified atom stereocenters. The van der Waals surface area contributed by atoms with Crippen LogP contribution in [0.2, 0.25) is 0 Å². The number of piperidine rings is 1. The lowest BCUT2D eigenvalue weighted by Gasteiger charge is -2.37. The van der Waals surface area contributed by atoms with E-state index in [1.54, 1.807) is 0 Å². The molecule has 2 aromatic rings. The van der Waals surface area contributed by atoms with Gasteiger partial charge in [-0.1, -0.05) is 43.3 Å². The van der Waals surface area contributed by atoms with Crippen LogP contribution in [-0.2, 0) is 0 Å². The van der Waals surface area contributed by atoms with Gasteiger partial charge in [-0.15, -0.1) is 0 Å². The number of aromatic nitrogens is 2. The third-order valence-electron chi connectivity index (χ3n) is 6.26. The van der Waals surface area contributed by atoms with Crippen molar-refractivity contribution in [3.8, 4) is 11.3 Å². The van der Waals surface area contributed by atoms with Crippen molar-refractivity contribution in [1.82, 2.24) is 14.5 Å². The summed E-state index contributed by atoms with van der Waals surface area (Å²) in [5.41, 5.74) is 5.07. The van der Waals surface area contributed by atoms with Crippen LogP contribution in [0.3, 0.4) is 0 Å². The molecule has 2 aliphatic rings. The molecule has 4 nitrogen and oxygen atoms in total. The Hall–Kier alpha value is -2.33. The summed E-state index contributed by atoms with van der Waals surface area (Å²) in [5.74, 6) is 0.365. The molecule has 0 spiro atoms. The third-order valence-corrected chi connectivity index (χ3v) is 6.26. The van der Waals surface area contributed by atoms with Gasteiger partial charge < -0.3 is 14.6 Å². The fourth-order valence-corrected chi connectivity index (χ4v) is 4.82. The first-order chi connectivity index (χ1) is 13.7. The van der Waals surface area contributed by atoms with Crippen molar-refractivity contribution in [2.24, 2.45) is 5.92 Å². The van der Waals surface area contributed by atoms with Crippen molar-refractivity contribution in [2.75, 3.05) is 13.1 Å². The largest absolute Gasteiger partial charge is 0.393 e. The zero-order valence-corrected chi connectivity index (χ0v) is 17.0. The second kappa shape index (κ2) is 8.36. The lowest BCUT2D eigenvalue weighted by molar-refractivity contribution is 0.0548. The summed E-state index contributed by atoms with van der Waals surface area (Å²) >= 11 is 0. The van der Waals surface area contributed by atoms with E-state index in [0.717, 1.165) is 38.8 Å². The summed E-state index contributed by atoms with van der Waals surface area (Å²) in [6.07, 6.45) is 14.1. The molecule has 1 aromatic carbocycles. The lowest BCUT2D eigenvalue weighted by Crippen LogP contribution is -2.37. The van der Waals surface area contributed by atoms with Crippen LogP contribution in [-0.4, -0.2) is 38.8 Å². The minimum absolute atomic E-state index is 0.195. The number of nitrogens with zero attached hydrogens (tertiary/aromatic N) is 3. The van der Waals surface area contributed by atoms with Crippen LogP contribution in [0.1, 0.15) is 51.1 Å². The van der Waals surface area contributed by atoms with E-state index in [4.69, 9.17) is 0 Å². The van der Waals surface area contributed by atoms with Crippen LogP contribution in [0.15, 0.2) is 60.7 Å². The summed E-state index contributed by atoms with van der Waals surface area (Å²) in [6.45, 7) is 6.30. The van der Waals surface area contributed by atoms with E-state index >= 15 is 0 Å². The number of allylic oxidation sites excluding steroid dienone is 3. The van der Waals surface area contributed by atoms with Gasteiger partial charge in [0, 0.05) is 24.4 Å². The molecule has 0 bridgehead atoms. The maximum Gasteiger partial charge on any atom is 0.0956 e. The van der Waals surface area contributed by atoms with Crippen LogP contribution in [0.4, 0.5) is 0 Å². The van der Waals surface area contributed by atoms with E-state index in [2.05, 4.69) is 70.8 Å². The smallest absolute Gasteiger partial charge is 0.0956 e. The van der Waals surface area contributed by atoms with Gasteiger partial charge in [0.15, 0.2) is 0 Å². The van der Waals surface area contributed by atoms with Gasteiger partial charge in [0.05, 0.1) is 30.4 Å². The van der Waals surface area contributed by atoms with E-state index in [1.165, 1.54) is 22.5 Å². The molecule has 2 aliphatic heterocycles. The number of fused-ring (bicyclic) bond motifs is 3. The van der Waals surface area contributed by atoms with Crippen molar-refractivity contribution in [1.29, 1.82) is 0 Å². The summed E-state index contributed by atoms with van der Waals surface area (Å²) in [7, 11) is 0. The predicted octanol–water partition coefficient (Wildman–Crippen LogP) is 4.79. The highest BCUT2D eigenvalue weighted by atomic mass is 16.3. The lowest BCUT2D eigenvalue weighted by atomic mass is 9.86. The Morgan fingerprint density at radius 3 is 2.82 bits per heavy atom. The van der Waals surface area contributed by atoms with Crippen LogP contribution in [0, 0.1) is 5.92 Å². The Kier molecular flexibility index (Phi) is 5.67. The molecule has 1 aromatic heterocycles. The van der Waals surface area contributed by atoms with Gasteiger partial charge in [0.2, 0.25) is 0 Å². The van der Waals surface area contributed by atoms with Crippen molar-refractivity contribution >= 4 is 0 Å². The van der Waals surface area contributed by atoms with Gasteiger partial charge in [-0.3, -0.25) is 0 Å². The van der Waals surface area contributed by atoms with Crippen LogP contribution in [0.5, 0.6) is 0 Å². The van der Waals surface area contributed by atoms with Crippen molar-refractivity contribution in [3.63, 3.8) is 0 Å². The summed E-state index contributed by atoms with van der Waals surface area (Å²) in [6, 6.07) is 8.73. The zero-order valence-electron chi connectivity index (χ0n) is 17.0. The fourth-order valence-electron chi connectivity index (χ4n) is 4.82. The van der Waals surface area contributed by atoms with E-state index in [0.29, 0.717) is 5.92 Å². The molecule has 0 aliphatic carbocycles. The molecular formula is C24H31N3O. The van der Waals surface area contributed by atoms with E-state index in [1.807, 2.05) is 12.5 Å². The molecule has 148 valence electrons. The van der Waals surface area contributed by atoms with Crippen molar-refractivity contribution in [3.05, 3.63) is 66.3 Å². The first-order valence-electron chi connectivity index (χ1n) is 10.6. The Bertz CT molecular complexity index is 858. The summed E-state index contributed by atoms with van der Waals surface area (Å²) < 4.78 is 2.23. The molecule has 4 rings (SSSR count). The van der Waals surface area contributed by atoms with Crippen LogP contribution >= 0.6 is 0 Å².